The molecular weight excluding hydrogens is 200 g/mol. The van der Waals surface area contributed by atoms with E-state index in [9.17, 15) is 5.11 Å². The molecule has 5 heteroatoms. The van der Waals surface area contributed by atoms with Gasteiger partial charge in [-0.3, -0.25) is 0 Å². The van der Waals surface area contributed by atoms with Gasteiger partial charge in [0.05, 0.1) is 6.10 Å². The van der Waals surface area contributed by atoms with Crippen LogP contribution in [0.5, 0.6) is 0 Å². The van der Waals surface area contributed by atoms with Crippen LogP contribution in [0.25, 0.3) is 0 Å². The summed E-state index contributed by atoms with van der Waals surface area (Å²) in [6.45, 7) is 5.36. The number of ether oxygens (including phenoxy) is 4. The number of hydrogen-bond acceptors (Lipinski definition) is 5. The molecule has 0 unspecified atom stereocenters. The van der Waals surface area contributed by atoms with Gasteiger partial charge in [0, 0.05) is 7.11 Å². The zero-order valence-electron chi connectivity index (χ0n) is 9.47. The van der Waals surface area contributed by atoms with Crippen LogP contribution in [0.15, 0.2) is 0 Å². The van der Waals surface area contributed by atoms with Gasteiger partial charge < -0.3 is 24.1 Å². The molecular formula is C10H18O5. The van der Waals surface area contributed by atoms with E-state index in [1.807, 2.05) is 13.8 Å². The van der Waals surface area contributed by atoms with Crippen molar-refractivity contribution in [2.45, 2.75) is 57.3 Å². The molecule has 0 radical (unpaired) electrons. The second-order valence-electron chi connectivity index (χ2n) is 4.51. The summed E-state index contributed by atoms with van der Waals surface area (Å²) in [5.41, 5.74) is 0. The summed E-state index contributed by atoms with van der Waals surface area (Å²) >= 11 is 0. The average Bonchev–Trinajstić information content (AvgIpc) is 2.57. The highest BCUT2D eigenvalue weighted by Gasteiger charge is 2.56. The van der Waals surface area contributed by atoms with Gasteiger partial charge in [0.2, 0.25) is 0 Å². The maximum atomic E-state index is 9.57. The Bertz CT molecular complexity index is 240. The van der Waals surface area contributed by atoms with Gasteiger partial charge in [-0.25, -0.2) is 0 Å². The van der Waals surface area contributed by atoms with Crippen molar-refractivity contribution >= 4 is 0 Å². The summed E-state index contributed by atoms with van der Waals surface area (Å²) in [5, 5.41) is 9.57. The highest BCUT2D eigenvalue weighted by Crippen LogP contribution is 2.39. The van der Waals surface area contributed by atoms with Gasteiger partial charge in [-0.1, -0.05) is 0 Å². The van der Waals surface area contributed by atoms with E-state index in [0.717, 1.165) is 0 Å². The molecule has 5 nitrogen and oxygen atoms in total. The maximum Gasteiger partial charge on any atom is 0.186 e. The second-order valence-corrected chi connectivity index (χ2v) is 4.51. The average molecular weight is 218 g/mol. The first-order valence-corrected chi connectivity index (χ1v) is 5.16. The summed E-state index contributed by atoms with van der Waals surface area (Å²) < 4.78 is 22.0. The quantitative estimate of drug-likeness (QED) is 0.720. The van der Waals surface area contributed by atoms with Crippen LogP contribution in [0, 0.1) is 0 Å². The Morgan fingerprint density at radius 3 is 2.40 bits per heavy atom. The molecule has 0 spiro atoms. The molecule has 88 valence electrons. The lowest BCUT2D eigenvalue weighted by Gasteiger charge is -2.24. The van der Waals surface area contributed by atoms with Crippen LogP contribution < -0.4 is 0 Å². The number of aliphatic hydroxyl groups is 1. The van der Waals surface area contributed by atoms with Crippen LogP contribution >= 0.6 is 0 Å². The SMILES string of the molecule is CO[C@@H]1O[C@H]([C@@H](C)O)[C@H]2OC(C)(C)O[C@H]12. The second kappa shape index (κ2) is 3.68. The van der Waals surface area contributed by atoms with Crippen LogP contribution in [0.4, 0.5) is 0 Å². The van der Waals surface area contributed by atoms with Crippen molar-refractivity contribution in [1.82, 2.24) is 0 Å². The summed E-state index contributed by atoms with van der Waals surface area (Å²) in [6, 6.07) is 0. The highest BCUT2D eigenvalue weighted by atomic mass is 16.8. The molecule has 0 saturated carbocycles. The first kappa shape index (κ1) is 11.3. The smallest absolute Gasteiger partial charge is 0.186 e. The fraction of sp³-hybridized carbons (Fsp3) is 1.00. The predicted octanol–water partition coefficient (Wildman–Crippen LogP) is 0.259. The molecule has 0 aromatic heterocycles. The third-order valence-electron chi connectivity index (χ3n) is 2.75. The van der Waals surface area contributed by atoms with Crippen molar-refractivity contribution in [3.8, 4) is 0 Å². The van der Waals surface area contributed by atoms with Gasteiger partial charge in [0.15, 0.2) is 12.1 Å². The van der Waals surface area contributed by atoms with Crippen molar-refractivity contribution in [2.75, 3.05) is 7.11 Å². The largest absolute Gasteiger partial charge is 0.391 e. The van der Waals surface area contributed by atoms with Gasteiger partial charge in [-0.2, -0.15) is 0 Å². The maximum absolute atomic E-state index is 9.57. The molecule has 1 N–H and O–H groups in total. The monoisotopic (exact) mass is 218 g/mol. The number of rotatable bonds is 2. The molecule has 0 aliphatic carbocycles. The van der Waals surface area contributed by atoms with Gasteiger partial charge in [-0.15, -0.1) is 0 Å². The Hall–Kier alpha value is -0.200. The molecule has 2 aliphatic heterocycles. The fourth-order valence-electron chi connectivity index (χ4n) is 2.17. The Labute approximate surface area is 89.3 Å². The fourth-order valence-corrected chi connectivity index (χ4v) is 2.17. The standard InChI is InChI=1S/C10H18O5/c1-5(11)6-7-8(9(12-4)13-6)15-10(2,3)14-7/h5-9,11H,1-4H3/t5-,6-,7-,8+,9-/m1/s1. The van der Waals surface area contributed by atoms with Crippen molar-refractivity contribution < 1.29 is 24.1 Å². The van der Waals surface area contributed by atoms with Crippen molar-refractivity contribution in [3.05, 3.63) is 0 Å². The number of hydrogen-bond donors (Lipinski definition) is 1. The molecule has 0 aromatic rings. The highest BCUT2D eigenvalue weighted by molar-refractivity contribution is 4.96. The van der Waals surface area contributed by atoms with Crippen LogP contribution in [-0.4, -0.2) is 48.7 Å². The third-order valence-corrected chi connectivity index (χ3v) is 2.75. The minimum atomic E-state index is -0.636. The third kappa shape index (κ3) is 1.90. The molecule has 0 amide bonds. The van der Waals surface area contributed by atoms with Crippen LogP contribution in [0.1, 0.15) is 20.8 Å². The first-order chi connectivity index (χ1) is 6.94. The van der Waals surface area contributed by atoms with Crippen molar-refractivity contribution in [1.29, 1.82) is 0 Å². The zero-order chi connectivity index (χ0) is 11.2. The van der Waals surface area contributed by atoms with Crippen LogP contribution in [0.2, 0.25) is 0 Å². The normalized spacial score (nSPS) is 45.4. The molecule has 2 heterocycles. The van der Waals surface area contributed by atoms with E-state index in [4.69, 9.17) is 18.9 Å². The topological polar surface area (TPSA) is 57.2 Å². The predicted molar refractivity (Wildman–Crippen MR) is 51.2 cm³/mol. The van der Waals surface area contributed by atoms with E-state index in [1.54, 1.807) is 14.0 Å². The van der Waals surface area contributed by atoms with Gasteiger partial charge >= 0.3 is 0 Å². The van der Waals surface area contributed by atoms with Gasteiger partial charge in [0.25, 0.3) is 0 Å². The molecule has 2 fully saturated rings. The molecule has 5 atom stereocenters. The van der Waals surface area contributed by atoms with Crippen LogP contribution in [0.3, 0.4) is 0 Å². The lowest BCUT2D eigenvalue weighted by molar-refractivity contribution is -0.235. The van der Waals surface area contributed by atoms with Gasteiger partial charge in [-0.05, 0) is 20.8 Å². The number of fused-ring (bicyclic) bond motifs is 1. The Balaban J connectivity index is 2.15. The van der Waals surface area contributed by atoms with E-state index in [0.29, 0.717) is 0 Å². The zero-order valence-corrected chi connectivity index (χ0v) is 9.47. The summed E-state index contributed by atoms with van der Waals surface area (Å²) in [4.78, 5) is 0. The molecule has 2 rings (SSSR count). The minimum Gasteiger partial charge on any atom is -0.391 e. The summed E-state index contributed by atoms with van der Waals surface area (Å²) in [6.07, 6.45) is -1.97. The van der Waals surface area contributed by atoms with E-state index in [2.05, 4.69) is 0 Å². The number of methoxy groups -OCH3 is 1. The van der Waals surface area contributed by atoms with Crippen molar-refractivity contribution in [3.63, 3.8) is 0 Å². The first-order valence-electron chi connectivity index (χ1n) is 5.16. The van der Waals surface area contributed by atoms with E-state index in [-0.39, 0.29) is 18.3 Å². The minimum absolute atomic E-state index is 0.259. The molecule has 15 heavy (non-hydrogen) atoms. The Kier molecular flexibility index (Phi) is 2.77. The van der Waals surface area contributed by atoms with E-state index >= 15 is 0 Å². The molecule has 2 saturated heterocycles. The van der Waals surface area contributed by atoms with Crippen molar-refractivity contribution in [2.24, 2.45) is 0 Å². The lowest BCUT2D eigenvalue weighted by Crippen LogP contribution is -2.36. The Morgan fingerprint density at radius 2 is 1.87 bits per heavy atom. The summed E-state index contributed by atoms with van der Waals surface area (Å²) in [7, 11) is 1.56. The summed E-state index contributed by atoms with van der Waals surface area (Å²) in [5.74, 6) is -0.636. The Morgan fingerprint density at radius 1 is 1.27 bits per heavy atom. The molecule has 0 bridgehead atoms. The van der Waals surface area contributed by atoms with E-state index in [1.165, 1.54) is 0 Å². The molecule has 2 aliphatic rings. The lowest BCUT2D eigenvalue weighted by atomic mass is 10.1. The van der Waals surface area contributed by atoms with E-state index < -0.39 is 18.2 Å². The van der Waals surface area contributed by atoms with Crippen LogP contribution in [-0.2, 0) is 18.9 Å². The van der Waals surface area contributed by atoms with Gasteiger partial charge in [0.1, 0.15) is 18.3 Å². The number of aliphatic hydroxyl groups excluding tert-OH is 1. The molecule has 0 aromatic carbocycles.